The van der Waals surface area contributed by atoms with Crippen LogP contribution in [0.3, 0.4) is 0 Å². The number of fused-ring (bicyclic) bond motifs is 1. The molecule has 1 heterocycles. The molecule has 0 saturated carbocycles. The van der Waals surface area contributed by atoms with E-state index in [2.05, 4.69) is 0 Å². The highest BCUT2D eigenvalue weighted by molar-refractivity contribution is 5.98. The molecule has 1 aliphatic rings. The number of carbonyl (C=O) groups is 2. The summed E-state index contributed by atoms with van der Waals surface area (Å²) >= 11 is 0. The first-order valence-electron chi connectivity index (χ1n) is 6.59. The molecule has 6 nitrogen and oxygen atoms in total. The lowest BCUT2D eigenvalue weighted by Crippen LogP contribution is -2.12. The molecule has 3 rings (SSSR count). The van der Waals surface area contributed by atoms with Crippen LogP contribution in [0.5, 0.6) is 17.2 Å². The molecular formula is C16H13NO5. The molecule has 22 heavy (non-hydrogen) atoms. The molecule has 0 atom stereocenters. The fourth-order valence-corrected chi connectivity index (χ4v) is 2.02. The molecule has 1 aliphatic heterocycles. The molecule has 1 amide bonds. The third-order valence-corrected chi connectivity index (χ3v) is 3.20. The zero-order valence-corrected chi connectivity index (χ0v) is 11.6. The van der Waals surface area contributed by atoms with Gasteiger partial charge in [-0.1, -0.05) is 0 Å². The monoisotopic (exact) mass is 299 g/mol. The highest BCUT2D eigenvalue weighted by atomic mass is 16.7. The molecule has 0 radical (unpaired) electrons. The van der Waals surface area contributed by atoms with Crippen molar-refractivity contribution in [2.75, 3.05) is 13.4 Å². The van der Waals surface area contributed by atoms with Crippen molar-refractivity contribution in [1.29, 1.82) is 0 Å². The van der Waals surface area contributed by atoms with Crippen molar-refractivity contribution >= 4 is 11.7 Å². The van der Waals surface area contributed by atoms with Crippen LogP contribution in [0.4, 0.5) is 0 Å². The topological polar surface area (TPSA) is 87.9 Å². The minimum absolute atomic E-state index is 0.116. The Morgan fingerprint density at radius 2 is 1.68 bits per heavy atom. The van der Waals surface area contributed by atoms with Gasteiger partial charge in [-0.05, 0) is 42.5 Å². The number of ketones is 1. The fourth-order valence-electron chi connectivity index (χ4n) is 2.02. The van der Waals surface area contributed by atoms with E-state index >= 15 is 0 Å². The lowest BCUT2D eigenvalue weighted by Gasteiger charge is -2.06. The zero-order valence-electron chi connectivity index (χ0n) is 11.6. The molecule has 0 aromatic heterocycles. The van der Waals surface area contributed by atoms with Crippen molar-refractivity contribution in [3.63, 3.8) is 0 Å². The summed E-state index contributed by atoms with van der Waals surface area (Å²) in [7, 11) is 0. The zero-order chi connectivity index (χ0) is 15.5. The molecule has 2 N–H and O–H groups in total. The van der Waals surface area contributed by atoms with E-state index in [1.807, 2.05) is 0 Å². The molecule has 0 unspecified atom stereocenters. The minimum Gasteiger partial charge on any atom is -0.485 e. The standard InChI is InChI=1S/C16H13NO5/c17-16(19)10-1-4-12(5-2-10)20-8-13(18)11-3-6-14-15(7-11)22-9-21-14/h1-7H,8-9H2,(H2,17,19). The molecule has 0 fully saturated rings. The maximum absolute atomic E-state index is 12.1. The highest BCUT2D eigenvalue weighted by Gasteiger charge is 2.16. The van der Waals surface area contributed by atoms with Gasteiger partial charge in [0.15, 0.2) is 23.9 Å². The number of benzene rings is 2. The van der Waals surface area contributed by atoms with E-state index in [4.69, 9.17) is 19.9 Å². The van der Waals surface area contributed by atoms with Gasteiger partial charge in [0.2, 0.25) is 12.7 Å². The van der Waals surface area contributed by atoms with Crippen molar-refractivity contribution in [2.45, 2.75) is 0 Å². The van der Waals surface area contributed by atoms with Gasteiger partial charge in [-0.15, -0.1) is 0 Å². The largest absolute Gasteiger partial charge is 0.485 e. The number of carbonyl (C=O) groups excluding carboxylic acids is 2. The third-order valence-electron chi connectivity index (χ3n) is 3.20. The van der Waals surface area contributed by atoms with Gasteiger partial charge in [0.05, 0.1) is 0 Å². The minimum atomic E-state index is -0.511. The SMILES string of the molecule is NC(=O)c1ccc(OCC(=O)c2ccc3c(c2)OCO3)cc1. The van der Waals surface area contributed by atoms with Gasteiger partial charge >= 0.3 is 0 Å². The fraction of sp³-hybridized carbons (Fsp3) is 0.125. The lowest BCUT2D eigenvalue weighted by atomic mass is 10.1. The van der Waals surface area contributed by atoms with Crippen LogP contribution in [0.2, 0.25) is 0 Å². The number of hydrogen-bond donors (Lipinski definition) is 1. The predicted molar refractivity (Wildman–Crippen MR) is 77.4 cm³/mol. The van der Waals surface area contributed by atoms with E-state index in [1.54, 1.807) is 42.5 Å². The van der Waals surface area contributed by atoms with E-state index in [9.17, 15) is 9.59 Å². The summed E-state index contributed by atoms with van der Waals surface area (Å²) in [4.78, 5) is 23.1. The Morgan fingerprint density at radius 1 is 1.00 bits per heavy atom. The molecule has 0 aliphatic carbocycles. The van der Waals surface area contributed by atoms with Crippen molar-refractivity contribution in [3.8, 4) is 17.2 Å². The van der Waals surface area contributed by atoms with Crippen molar-refractivity contribution in [2.24, 2.45) is 5.73 Å². The summed E-state index contributed by atoms with van der Waals surface area (Å²) in [6.07, 6.45) is 0. The number of hydrogen-bond acceptors (Lipinski definition) is 5. The predicted octanol–water partition coefficient (Wildman–Crippen LogP) is 1.78. The number of amides is 1. The highest BCUT2D eigenvalue weighted by Crippen LogP contribution is 2.32. The quantitative estimate of drug-likeness (QED) is 0.850. The van der Waals surface area contributed by atoms with E-state index < -0.39 is 5.91 Å². The Bertz CT molecular complexity index is 724. The van der Waals surface area contributed by atoms with E-state index in [0.29, 0.717) is 28.4 Å². The van der Waals surface area contributed by atoms with Crippen LogP contribution >= 0.6 is 0 Å². The number of Topliss-reactive ketones (excluding diaryl/α,β-unsaturated/α-hetero) is 1. The van der Waals surface area contributed by atoms with Gasteiger partial charge in [0, 0.05) is 11.1 Å². The number of nitrogens with two attached hydrogens (primary N) is 1. The van der Waals surface area contributed by atoms with Crippen molar-refractivity contribution in [1.82, 2.24) is 0 Å². The van der Waals surface area contributed by atoms with Crippen LogP contribution < -0.4 is 19.9 Å². The van der Waals surface area contributed by atoms with Crippen molar-refractivity contribution < 1.29 is 23.8 Å². The molecule has 0 saturated heterocycles. The third kappa shape index (κ3) is 2.85. The first-order chi connectivity index (χ1) is 10.6. The summed E-state index contributed by atoms with van der Waals surface area (Å²) in [5, 5.41) is 0. The number of rotatable bonds is 5. The van der Waals surface area contributed by atoms with Crippen LogP contribution in [0.15, 0.2) is 42.5 Å². The average Bonchev–Trinajstić information content (AvgIpc) is 3.00. The van der Waals surface area contributed by atoms with E-state index in [-0.39, 0.29) is 19.2 Å². The first-order valence-corrected chi connectivity index (χ1v) is 6.59. The molecule has 0 spiro atoms. The average molecular weight is 299 g/mol. The summed E-state index contributed by atoms with van der Waals surface area (Å²) in [6, 6.07) is 11.3. The Morgan fingerprint density at radius 3 is 2.41 bits per heavy atom. The normalized spacial score (nSPS) is 12.0. The van der Waals surface area contributed by atoms with E-state index in [1.165, 1.54) is 0 Å². The summed E-state index contributed by atoms with van der Waals surface area (Å²) in [5.74, 6) is 0.968. The van der Waals surface area contributed by atoms with Crippen LogP contribution in [-0.2, 0) is 0 Å². The van der Waals surface area contributed by atoms with Gasteiger partial charge in [-0.3, -0.25) is 9.59 Å². The second-order valence-corrected chi connectivity index (χ2v) is 4.67. The van der Waals surface area contributed by atoms with E-state index in [0.717, 1.165) is 0 Å². The second-order valence-electron chi connectivity index (χ2n) is 4.67. The molecule has 2 aromatic rings. The summed E-state index contributed by atoms with van der Waals surface area (Å²) < 4.78 is 15.8. The van der Waals surface area contributed by atoms with Crippen LogP contribution in [0.1, 0.15) is 20.7 Å². The number of ether oxygens (including phenoxy) is 3. The Labute approximate surface area is 126 Å². The first kappa shape index (κ1) is 13.9. The molecule has 6 heteroatoms. The maximum Gasteiger partial charge on any atom is 0.248 e. The van der Waals surface area contributed by atoms with Gasteiger partial charge < -0.3 is 19.9 Å². The summed E-state index contributed by atoms with van der Waals surface area (Å²) in [6.45, 7) is 0.0469. The van der Waals surface area contributed by atoms with Gasteiger partial charge in [0.1, 0.15) is 5.75 Å². The molecular weight excluding hydrogens is 286 g/mol. The smallest absolute Gasteiger partial charge is 0.248 e. The maximum atomic E-state index is 12.1. The Balaban J connectivity index is 1.63. The van der Waals surface area contributed by atoms with Crippen molar-refractivity contribution in [3.05, 3.63) is 53.6 Å². The molecule has 0 bridgehead atoms. The van der Waals surface area contributed by atoms with Crippen LogP contribution in [-0.4, -0.2) is 25.1 Å². The molecule has 2 aromatic carbocycles. The van der Waals surface area contributed by atoms with Gasteiger partial charge in [-0.25, -0.2) is 0 Å². The Kier molecular flexibility index (Phi) is 3.65. The Hall–Kier alpha value is -3.02. The number of primary amides is 1. The van der Waals surface area contributed by atoms with Crippen LogP contribution in [0.25, 0.3) is 0 Å². The van der Waals surface area contributed by atoms with Gasteiger partial charge in [0.25, 0.3) is 0 Å². The second kappa shape index (κ2) is 5.77. The molecule has 112 valence electrons. The lowest BCUT2D eigenvalue weighted by molar-refractivity contribution is 0.0920. The van der Waals surface area contributed by atoms with Crippen LogP contribution in [0, 0.1) is 0 Å². The summed E-state index contributed by atoms with van der Waals surface area (Å²) in [5.41, 5.74) is 6.02. The van der Waals surface area contributed by atoms with Gasteiger partial charge in [-0.2, -0.15) is 0 Å².